The number of hydrogen-bond acceptors (Lipinski definition) is 15. The zero-order chi connectivity index (χ0) is 73.5. The smallest absolute Gasteiger partial charge is 0.462 e. The van der Waals surface area contributed by atoms with Gasteiger partial charge in [0.1, 0.15) is 19.3 Å². The third kappa shape index (κ3) is 74.3. The maximum atomic E-state index is 13.1. The van der Waals surface area contributed by atoms with Crippen molar-refractivity contribution >= 4 is 39.5 Å². The summed E-state index contributed by atoms with van der Waals surface area (Å²) < 4.78 is 68.7. The molecule has 19 heteroatoms. The van der Waals surface area contributed by atoms with Gasteiger partial charge in [-0.2, -0.15) is 0 Å². The molecule has 0 spiro atoms. The van der Waals surface area contributed by atoms with Gasteiger partial charge in [0.05, 0.1) is 26.4 Å². The van der Waals surface area contributed by atoms with Crippen LogP contribution in [0.4, 0.5) is 0 Å². The number of aliphatic hydroxyl groups is 1. The largest absolute Gasteiger partial charge is 0.472 e. The van der Waals surface area contributed by atoms with Crippen LogP contribution < -0.4 is 0 Å². The van der Waals surface area contributed by atoms with E-state index in [1.165, 1.54) is 238 Å². The average Bonchev–Trinajstić information content (AvgIpc) is 0.933. The lowest BCUT2D eigenvalue weighted by molar-refractivity contribution is -0.161. The van der Waals surface area contributed by atoms with Gasteiger partial charge in [-0.05, 0) is 37.5 Å². The first-order valence-corrected chi connectivity index (χ1v) is 45.0. The molecular weight excluding hydrogens is 1310 g/mol. The zero-order valence-electron chi connectivity index (χ0n) is 65.5. The molecule has 0 aliphatic carbocycles. The number of carbonyl (C=O) groups excluding carboxylic acids is 4. The van der Waals surface area contributed by atoms with Crippen molar-refractivity contribution in [2.75, 3.05) is 39.6 Å². The number of rotatable bonds is 80. The Morgan fingerprint density at radius 2 is 0.460 bits per heavy atom. The molecule has 0 heterocycles. The second-order valence-corrected chi connectivity index (χ2v) is 33.0. The molecule has 0 bridgehead atoms. The summed E-state index contributed by atoms with van der Waals surface area (Å²) in [4.78, 5) is 73.0. The minimum Gasteiger partial charge on any atom is -0.462 e. The first-order chi connectivity index (χ1) is 48.4. The SMILES string of the molecule is CCCCCCCCCCCCCCCCCCCCCCCCC(=O)O[C@H](COC(=O)CCCCCCCCCCCCCCC(C)C)COP(=O)(O)OC[C@@H](O)COP(=O)(O)OC[C@@H](COC(=O)CCCCCCCCC(C)C)OC(=O)CCCCCCCCCCCCCCCC. The van der Waals surface area contributed by atoms with Gasteiger partial charge in [-0.15, -0.1) is 0 Å². The number of phosphoric ester groups is 2. The van der Waals surface area contributed by atoms with Crippen molar-refractivity contribution < 1.29 is 80.2 Å². The minimum absolute atomic E-state index is 0.107. The molecule has 0 aromatic rings. The highest BCUT2D eigenvalue weighted by molar-refractivity contribution is 7.47. The number of hydrogen-bond donors (Lipinski definition) is 3. The fourth-order valence-corrected chi connectivity index (χ4v) is 14.1. The standard InChI is InChI=1S/C81H158O17P2/c1-7-9-11-13-15-17-19-21-23-24-25-26-27-28-29-30-32-38-42-46-54-60-66-80(85)97-76(69-91-78(83)63-57-51-44-40-36-34-33-35-39-43-49-55-61-73(3)4)71-95-99(87,88)93-67-75(82)68-94-100(89,90)96-72-77(70-92-79(84)64-58-52-48-47-50-56-62-74(5)6)98-81(86)65-59-53-45-41-37-31-22-20-18-16-14-12-10-8-2/h73-77,82H,7-72H2,1-6H3,(H,87,88)(H,89,90)/t75-,76-,77-/m1/s1. The number of esters is 4. The minimum atomic E-state index is -4.96. The highest BCUT2D eigenvalue weighted by Crippen LogP contribution is 2.45. The fourth-order valence-electron chi connectivity index (χ4n) is 12.5. The molecule has 0 aliphatic rings. The summed E-state index contributed by atoms with van der Waals surface area (Å²) in [5.41, 5.74) is 0. The summed E-state index contributed by atoms with van der Waals surface area (Å²) in [6.07, 6.45) is 62.7. The van der Waals surface area contributed by atoms with E-state index >= 15 is 0 Å². The lowest BCUT2D eigenvalue weighted by Gasteiger charge is -2.21. The Hall–Kier alpha value is -1.94. The van der Waals surface area contributed by atoms with Crippen molar-refractivity contribution in [2.45, 2.75) is 445 Å². The van der Waals surface area contributed by atoms with Gasteiger partial charge in [0.2, 0.25) is 0 Å². The van der Waals surface area contributed by atoms with Crippen LogP contribution in [0, 0.1) is 11.8 Å². The number of aliphatic hydroxyl groups excluding tert-OH is 1. The molecule has 0 aromatic heterocycles. The molecule has 0 radical (unpaired) electrons. The van der Waals surface area contributed by atoms with Crippen molar-refractivity contribution in [3.63, 3.8) is 0 Å². The van der Waals surface area contributed by atoms with E-state index in [0.29, 0.717) is 31.6 Å². The molecule has 0 saturated carbocycles. The van der Waals surface area contributed by atoms with Crippen molar-refractivity contribution in [1.29, 1.82) is 0 Å². The molecule has 0 saturated heterocycles. The second-order valence-electron chi connectivity index (χ2n) is 30.1. The van der Waals surface area contributed by atoms with Crippen LogP contribution in [0.2, 0.25) is 0 Å². The molecule has 0 rings (SSSR count). The summed E-state index contributed by atoms with van der Waals surface area (Å²) >= 11 is 0. The molecule has 3 N–H and O–H groups in total. The van der Waals surface area contributed by atoms with Crippen LogP contribution in [0.15, 0.2) is 0 Å². The van der Waals surface area contributed by atoms with Crippen LogP contribution in [0.25, 0.3) is 0 Å². The number of phosphoric acid groups is 2. The number of carbonyl (C=O) groups is 4. The van der Waals surface area contributed by atoms with Crippen LogP contribution in [-0.2, 0) is 65.4 Å². The van der Waals surface area contributed by atoms with Crippen molar-refractivity contribution in [1.82, 2.24) is 0 Å². The summed E-state index contributed by atoms with van der Waals surface area (Å²) in [5.74, 6) is -0.650. The van der Waals surface area contributed by atoms with Crippen molar-refractivity contribution in [2.24, 2.45) is 11.8 Å². The molecule has 0 amide bonds. The lowest BCUT2D eigenvalue weighted by atomic mass is 10.0. The first kappa shape index (κ1) is 98.1. The van der Waals surface area contributed by atoms with Gasteiger partial charge < -0.3 is 33.8 Å². The number of ether oxygens (including phenoxy) is 4. The Morgan fingerprint density at radius 3 is 0.680 bits per heavy atom. The molecule has 100 heavy (non-hydrogen) atoms. The Morgan fingerprint density at radius 1 is 0.270 bits per heavy atom. The third-order valence-corrected chi connectivity index (χ3v) is 20.9. The molecule has 0 aromatic carbocycles. The summed E-state index contributed by atoms with van der Waals surface area (Å²) in [5, 5.41) is 10.6. The van der Waals surface area contributed by atoms with Gasteiger partial charge in [-0.25, -0.2) is 9.13 Å². The van der Waals surface area contributed by atoms with Gasteiger partial charge in [0.25, 0.3) is 0 Å². The van der Waals surface area contributed by atoms with Gasteiger partial charge in [-0.3, -0.25) is 37.3 Å². The number of unbranched alkanes of at least 4 members (excludes halogenated alkanes) is 50. The summed E-state index contributed by atoms with van der Waals surface area (Å²) in [6, 6.07) is 0. The monoisotopic (exact) mass is 1470 g/mol. The van der Waals surface area contributed by atoms with Crippen molar-refractivity contribution in [3.8, 4) is 0 Å². The average molecular weight is 1470 g/mol. The first-order valence-electron chi connectivity index (χ1n) is 42.0. The predicted octanol–water partition coefficient (Wildman–Crippen LogP) is 24.3. The van der Waals surface area contributed by atoms with Gasteiger partial charge in [-0.1, -0.05) is 375 Å². The molecule has 2 unspecified atom stereocenters. The highest BCUT2D eigenvalue weighted by atomic mass is 31.2. The van der Waals surface area contributed by atoms with Crippen LogP contribution in [0.3, 0.4) is 0 Å². The van der Waals surface area contributed by atoms with E-state index in [2.05, 4.69) is 41.5 Å². The highest BCUT2D eigenvalue weighted by Gasteiger charge is 2.30. The summed E-state index contributed by atoms with van der Waals surface area (Å²) in [7, 11) is -9.92. The van der Waals surface area contributed by atoms with E-state index < -0.39 is 97.5 Å². The molecule has 5 atom stereocenters. The Bertz CT molecular complexity index is 1920. The normalized spacial score (nSPS) is 13.9. The van der Waals surface area contributed by atoms with Crippen molar-refractivity contribution in [3.05, 3.63) is 0 Å². The Labute approximate surface area is 613 Å². The van der Waals surface area contributed by atoms with E-state index in [4.69, 9.17) is 37.0 Å². The van der Waals surface area contributed by atoms with E-state index in [1.54, 1.807) is 0 Å². The van der Waals surface area contributed by atoms with Crippen LogP contribution >= 0.6 is 15.6 Å². The Balaban J connectivity index is 5.19. The molecule has 17 nitrogen and oxygen atoms in total. The van der Waals surface area contributed by atoms with E-state index in [-0.39, 0.29) is 25.7 Å². The van der Waals surface area contributed by atoms with E-state index in [9.17, 15) is 43.2 Å². The van der Waals surface area contributed by atoms with Gasteiger partial charge in [0.15, 0.2) is 12.2 Å². The topological polar surface area (TPSA) is 237 Å². The maximum Gasteiger partial charge on any atom is 0.472 e. The Kier molecular flexibility index (Phi) is 71.2. The van der Waals surface area contributed by atoms with Gasteiger partial charge in [0, 0.05) is 25.7 Å². The zero-order valence-corrected chi connectivity index (χ0v) is 67.3. The predicted molar refractivity (Wildman–Crippen MR) is 409 cm³/mol. The van der Waals surface area contributed by atoms with Crippen LogP contribution in [-0.4, -0.2) is 96.7 Å². The maximum absolute atomic E-state index is 13.1. The van der Waals surface area contributed by atoms with E-state index in [0.717, 1.165) is 102 Å². The fraction of sp³-hybridized carbons (Fsp3) is 0.951. The molecule has 0 aliphatic heterocycles. The van der Waals surface area contributed by atoms with E-state index in [1.807, 2.05) is 0 Å². The lowest BCUT2D eigenvalue weighted by Crippen LogP contribution is -2.30. The van der Waals surface area contributed by atoms with Gasteiger partial charge >= 0.3 is 39.5 Å². The summed E-state index contributed by atoms with van der Waals surface area (Å²) in [6.45, 7) is 9.56. The van der Waals surface area contributed by atoms with Crippen LogP contribution in [0.1, 0.15) is 427 Å². The molecular formula is C81H158O17P2. The molecule has 594 valence electrons. The quantitative estimate of drug-likeness (QED) is 0.0222. The molecule has 0 fully saturated rings. The second kappa shape index (κ2) is 72.6. The third-order valence-electron chi connectivity index (χ3n) is 19.0. The van der Waals surface area contributed by atoms with Crippen LogP contribution in [0.5, 0.6) is 0 Å².